The molecule has 0 unspecified atom stereocenters. The molecule has 7 heteroatoms. The first-order valence-corrected chi connectivity index (χ1v) is 12.2. The number of imide groups is 1. The number of amides is 2. The average molecular weight is 454 g/mol. The molecule has 2 aliphatic rings. The maximum atomic E-state index is 13.4. The van der Waals surface area contributed by atoms with Crippen molar-refractivity contribution in [3.8, 4) is 0 Å². The fraction of sp³-hybridized carbons (Fsp3) is 0.440. The molecule has 2 aliphatic heterocycles. The van der Waals surface area contributed by atoms with Crippen LogP contribution in [0, 0.1) is 0 Å². The number of carbonyl (C=O) groups excluding carboxylic acids is 2. The number of ether oxygens (including phenoxy) is 1. The second kappa shape index (κ2) is 10.4. The maximum Gasteiger partial charge on any atom is 0.277 e. The highest BCUT2D eigenvalue weighted by Gasteiger charge is 2.42. The van der Waals surface area contributed by atoms with Gasteiger partial charge in [-0.2, -0.15) is 0 Å². The van der Waals surface area contributed by atoms with Crippen LogP contribution in [0.1, 0.15) is 30.7 Å². The molecule has 0 N–H and O–H groups in total. The van der Waals surface area contributed by atoms with E-state index in [9.17, 15) is 9.59 Å². The zero-order valence-corrected chi connectivity index (χ0v) is 19.6. The van der Waals surface area contributed by atoms with E-state index in [0.717, 1.165) is 37.6 Å². The van der Waals surface area contributed by atoms with Gasteiger partial charge in [-0.1, -0.05) is 36.4 Å². The molecule has 3 heterocycles. The van der Waals surface area contributed by atoms with E-state index in [4.69, 9.17) is 4.74 Å². The van der Waals surface area contributed by atoms with Crippen LogP contribution in [-0.2, 0) is 20.9 Å². The molecule has 2 amide bonds. The van der Waals surface area contributed by atoms with Crippen molar-refractivity contribution in [2.24, 2.45) is 0 Å². The summed E-state index contributed by atoms with van der Waals surface area (Å²) in [6, 6.07) is 14.3. The Hall–Kier alpha value is -2.48. The van der Waals surface area contributed by atoms with Crippen LogP contribution in [0.4, 0.5) is 0 Å². The van der Waals surface area contributed by atoms with Crippen LogP contribution in [0.15, 0.2) is 53.5 Å². The van der Waals surface area contributed by atoms with Crippen LogP contribution in [0.25, 0.3) is 5.57 Å². The molecule has 32 heavy (non-hydrogen) atoms. The molecular weight excluding hydrogens is 422 g/mol. The van der Waals surface area contributed by atoms with Crippen LogP contribution in [-0.4, -0.2) is 71.9 Å². The van der Waals surface area contributed by atoms with Crippen LogP contribution in [0.3, 0.4) is 0 Å². The number of thiophene rings is 1. The van der Waals surface area contributed by atoms with Gasteiger partial charge in [-0.05, 0) is 37.3 Å². The van der Waals surface area contributed by atoms with Gasteiger partial charge < -0.3 is 9.64 Å². The van der Waals surface area contributed by atoms with Gasteiger partial charge in [-0.25, -0.2) is 0 Å². The zero-order chi connectivity index (χ0) is 22.5. The highest BCUT2D eigenvalue weighted by molar-refractivity contribution is 7.11. The van der Waals surface area contributed by atoms with Gasteiger partial charge in [0.05, 0.1) is 11.7 Å². The summed E-state index contributed by atoms with van der Waals surface area (Å²) in [6.07, 6.45) is 0.786. The lowest BCUT2D eigenvalue weighted by Crippen LogP contribution is -2.47. The molecule has 170 valence electrons. The Morgan fingerprint density at radius 2 is 1.72 bits per heavy atom. The number of carbonyl (C=O) groups is 2. The second-order valence-corrected chi connectivity index (χ2v) is 9.43. The van der Waals surface area contributed by atoms with Crippen LogP contribution >= 0.6 is 11.3 Å². The van der Waals surface area contributed by atoms with Crippen LogP contribution in [0.5, 0.6) is 0 Å². The Balaban J connectivity index is 1.46. The fourth-order valence-corrected chi connectivity index (χ4v) is 4.98. The van der Waals surface area contributed by atoms with Crippen molar-refractivity contribution in [3.63, 3.8) is 0 Å². The fourth-order valence-electron chi connectivity index (χ4n) is 4.22. The van der Waals surface area contributed by atoms with Gasteiger partial charge in [-0.15, -0.1) is 11.3 Å². The molecule has 1 fully saturated rings. The summed E-state index contributed by atoms with van der Waals surface area (Å²) < 4.78 is 5.60. The Labute approximate surface area is 194 Å². The third-order valence-electron chi connectivity index (χ3n) is 5.83. The molecule has 4 rings (SSSR count). The van der Waals surface area contributed by atoms with E-state index in [1.807, 2.05) is 37.4 Å². The molecule has 1 aromatic heterocycles. The Bertz CT molecular complexity index is 948. The molecule has 0 bridgehead atoms. The Morgan fingerprint density at radius 1 is 0.969 bits per heavy atom. The summed E-state index contributed by atoms with van der Waals surface area (Å²) in [7, 11) is 0. The molecule has 0 saturated carbocycles. The number of benzene rings is 1. The highest BCUT2D eigenvalue weighted by atomic mass is 32.1. The molecule has 1 saturated heterocycles. The van der Waals surface area contributed by atoms with E-state index in [-0.39, 0.29) is 17.9 Å². The van der Waals surface area contributed by atoms with Gasteiger partial charge in [0.25, 0.3) is 11.8 Å². The number of piperazine rings is 1. The van der Waals surface area contributed by atoms with Crippen molar-refractivity contribution < 1.29 is 14.3 Å². The SMILES string of the molecule is CC(C)OCCCN1C(=O)C(c2cccs2)=C(N2CCN(Cc3ccccc3)CC2)C1=O. The Kier molecular flexibility index (Phi) is 7.40. The zero-order valence-electron chi connectivity index (χ0n) is 18.8. The van der Waals surface area contributed by atoms with E-state index < -0.39 is 0 Å². The quantitative estimate of drug-likeness (QED) is 0.430. The average Bonchev–Trinajstić information content (AvgIpc) is 3.39. The third-order valence-corrected chi connectivity index (χ3v) is 6.71. The number of rotatable bonds is 9. The number of hydrogen-bond acceptors (Lipinski definition) is 6. The molecular formula is C25H31N3O3S. The van der Waals surface area contributed by atoms with E-state index in [2.05, 4.69) is 34.1 Å². The predicted octanol–water partition coefficient (Wildman–Crippen LogP) is 3.46. The topological polar surface area (TPSA) is 53.1 Å². The van der Waals surface area contributed by atoms with Gasteiger partial charge in [-0.3, -0.25) is 19.4 Å². The molecule has 2 aromatic rings. The summed E-state index contributed by atoms with van der Waals surface area (Å²) in [4.78, 5) is 33.4. The van der Waals surface area contributed by atoms with E-state index in [0.29, 0.717) is 30.8 Å². The number of hydrogen-bond donors (Lipinski definition) is 0. The summed E-state index contributed by atoms with van der Waals surface area (Å²) >= 11 is 1.51. The monoisotopic (exact) mass is 453 g/mol. The molecule has 0 radical (unpaired) electrons. The summed E-state index contributed by atoms with van der Waals surface area (Å²) in [5.74, 6) is -0.344. The molecule has 1 aromatic carbocycles. The molecule has 0 atom stereocenters. The van der Waals surface area contributed by atoms with Crippen LogP contribution in [0.2, 0.25) is 0 Å². The van der Waals surface area contributed by atoms with Gasteiger partial charge in [0.2, 0.25) is 0 Å². The van der Waals surface area contributed by atoms with Crippen molar-refractivity contribution in [1.29, 1.82) is 0 Å². The summed E-state index contributed by atoms with van der Waals surface area (Å²) in [6.45, 7) is 8.99. The van der Waals surface area contributed by atoms with Gasteiger partial charge in [0.1, 0.15) is 5.70 Å². The van der Waals surface area contributed by atoms with Gasteiger partial charge in [0, 0.05) is 50.8 Å². The minimum atomic E-state index is -0.177. The minimum Gasteiger partial charge on any atom is -0.379 e. The Morgan fingerprint density at radius 3 is 2.38 bits per heavy atom. The first-order chi connectivity index (χ1) is 15.5. The van der Waals surface area contributed by atoms with Crippen molar-refractivity contribution >= 4 is 28.7 Å². The smallest absolute Gasteiger partial charge is 0.277 e. The largest absolute Gasteiger partial charge is 0.379 e. The normalized spacial score (nSPS) is 17.8. The van der Waals surface area contributed by atoms with E-state index in [1.165, 1.54) is 21.8 Å². The third kappa shape index (κ3) is 5.11. The lowest BCUT2D eigenvalue weighted by Gasteiger charge is -2.36. The molecule has 0 aliphatic carbocycles. The van der Waals surface area contributed by atoms with Crippen molar-refractivity contribution in [2.45, 2.75) is 32.9 Å². The predicted molar refractivity (Wildman–Crippen MR) is 127 cm³/mol. The van der Waals surface area contributed by atoms with Crippen LogP contribution < -0.4 is 0 Å². The highest BCUT2D eigenvalue weighted by Crippen LogP contribution is 2.34. The standard InChI is InChI=1S/C25H31N3O3S/c1-19(2)31-16-7-11-28-24(29)22(21-10-6-17-32-21)23(25(28)30)27-14-12-26(13-15-27)18-20-8-4-3-5-9-20/h3-6,8-10,17,19H,7,11-16,18H2,1-2H3. The summed E-state index contributed by atoms with van der Waals surface area (Å²) in [5.41, 5.74) is 2.43. The van der Waals surface area contributed by atoms with E-state index in [1.54, 1.807) is 0 Å². The van der Waals surface area contributed by atoms with Crippen molar-refractivity contribution in [2.75, 3.05) is 39.3 Å². The second-order valence-electron chi connectivity index (χ2n) is 8.48. The minimum absolute atomic E-state index is 0.141. The van der Waals surface area contributed by atoms with Crippen molar-refractivity contribution in [3.05, 3.63) is 64.0 Å². The molecule has 0 spiro atoms. The summed E-state index contributed by atoms with van der Waals surface area (Å²) in [5, 5.41) is 1.95. The van der Waals surface area contributed by atoms with Gasteiger partial charge >= 0.3 is 0 Å². The van der Waals surface area contributed by atoms with Gasteiger partial charge in [0.15, 0.2) is 0 Å². The van der Waals surface area contributed by atoms with Crippen molar-refractivity contribution in [1.82, 2.24) is 14.7 Å². The molecule has 6 nitrogen and oxygen atoms in total. The van der Waals surface area contributed by atoms with E-state index >= 15 is 0 Å². The lowest BCUT2D eigenvalue weighted by atomic mass is 10.1. The maximum absolute atomic E-state index is 13.4. The number of nitrogens with zero attached hydrogens (tertiary/aromatic N) is 3. The first-order valence-electron chi connectivity index (χ1n) is 11.3. The first kappa shape index (κ1) is 22.7. The lowest BCUT2D eigenvalue weighted by molar-refractivity contribution is -0.137.